The lowest BCUT2D eigenvalue weighted by molar-refractivity contribution is 0.273. The summed E-state index contributed by atoms with van der Waals surface area (Å²) in [5.74, 6) is 1.21. The molecule has 2 aromatic rings. The molecule has 1 saturated carbocycles. The third kappa shape index (κ3) is 2.73. The van der Waals surface area contributed by atoms with Crippen LogP contribution < -0.4 is 10.5 Å². The Bertz CT molecular complexity index is 641. The van der Waals surface area contributed by atoms with Crippen molar-refractivity contribution in [3.05, 3.63) is 36.4 Å². The molecule has 0 radical (unpaired) electrons. The molecule has 1 aromatic heterocycles. The number of imidazole rings is 1. The summed E-state index contributed by atoms with van der Waals surface area (Å²) >= 11 is 0. The third-order valence-corrected chi connectivity index (χ3v) is 4.56. The summed E-state index contributed by atoms with van der Waals surface area (Å²) in [4.78, 5) is 4.45. The van der Waals surface area contributed by atoms with E-state index >= 15 is 0 Å². The van der Waals surface area contributed by atoms with Crippen molar-refractivity contribution < 1.29 is 9.13 Å². The lowest BCUT2D eigenvalue weighted by Gasteiger charge is -2.30. The smallest absolute Gasteiger partial charge is 0.165 e. The third-order valence-electron chi connectivity index (χ3n) is 4.56. The van der Waals surface area contributed by atoms with E-state index in [4.69, 9.17) is 10.5 Å². The topological polar surface area (TPSA) is 53.1 Å². The molecule has 118 valence electrons. The molecule has 1 aliphatic carbocycles. The number of nitrogens with zero attached hydrogens (tertiary/aromatic N) is 2. The van der Waals surface area contributed by atoms with Crippen molar-refractivity contribution in [2.24, 2.45) is 11.7 Å². The van der Waals surface area contributed by atoms with Gasteiger partial charge in [0.1, 0.15) is 5.82 Å². The zero-order valence-corrected chi connectivity index (χ0v) is 12.8. The molecule has 0 aliphatic heterocycles. The van der Waals surface area contributed by atoms with Gasteiger partial charge in [0.05, 0.1) is 12.7 Å². The van der Waals surface area contributed by atoms with Crippen molar-refractivity contribution in [2.75, 3.05) is 13.7 Å². The average Bonchev–Trinajstić information content (AvgIpc) is 3.04. The number of aromatic nitrogens is 2. The van der Waals surface area contributed by atoms with Gasteiger partial charge in [0, 0.05) is 18.4 Å². The Morgan fingerprint density at radius 3 is 3.05 bits per heavy atom. The van der Waals surface area contributed by atoms with Crippen LogP contribution in [0.3, 0.4) is 0 Å². The zero-order valence-electron chi connectivity index (χ0n) is 12.8. The molecule has 0 saturated heterocycles. The molecule has 1 fully saturated rings. The van der Waals surface area contributed by atoms with Gasteiger partial charge in [0.25, 0.3) is 0 Å². The molecule has 0 bridgehead atoms. The molecule has 1 aromatic carbocycles. The predicted molar refractivity (Wildman–Crippen MR) is 84.2 cm³/mol. The normalized spacial score (nSPS) is 21.8. The van der Waals surface area contributed by atoms with E-state index in [1.807, 2.05) is 12.3 Å². The summed E-state index contributed by atoms with van der Waals surface area (Å²) in [5.41, 5.74) is 6.54. The first kappa shape index (κ1) is 15.0. The van der Waals surface area contributed by atoms with E-state index in [9.17, 15) is 4.39 Å². The summed E-state index contributed by atoms with van der Waals surface area (Å²) in [5, 5.41) is 0. The van der Waals surface area contributed by atoms with Crippen LogP contribution >= 0.6 is 0 Å². The number of rotatable bonds is 4. The predicted octanol–water partition coefficient (Wildman–Crippen LogP) is 3.39. The SMILES string of the molecule is COc1c(F)cccc1-c1nccn1[C@@H]1CCC[C@H](CN)C1. The van der Waals surface area contributed by atoms with Crippen LogP contribution in [0.2, 0.25) is 0 Å². The van der Waals surface area contributed by atoms with E-state index in [0.29, 0.717) is 17.5 Å². The minimum Gasteiger partial charge on any atom is -0.493 e. The van der Waals surface area contributed by atoms with Crippen LogP contribution in [0.15, 0.2) is 30.6 Å². The van der Waals surface area contributed by atoms with Gasteiger partial charge in [-0.15, -0.1) is 0 Å². The highest BCUT2D eigenvalue weighted by Crippen LogP contribution is 2.37. The fourth-order valence-corrected chi connectivity index (χ4v) is 3.44. The maximum absolute atomic E-state index is 14.0. The van der Waals surface area contributed by atoms with Gasteiger partial charge in [-0.1, -0.05) is 12.5 Å². The second-order valence-electron chi connectivity index (χ2n) is 5.90. The number of benzene rings is 1. The van der Waals surface area contributed by atoms with Crippen molar-refractivity contribution in [3.8, 4) is 17.1 Å². The van der Waals surface area contributed by atoms with Gasteiger partial charge in [-0.25, -0.2) is 9.37 Å². The van der Waals surface area contributed by atoms with E-state index < -0.39 is 0 Å². The maximum Gasteiger partial charge on any atom is 0.165 e. The van der Waals surface area contributed by atoms with Crippen LogP contribution in [0.4, 0.5) is 4.39 Å². The van der Waals surface area contributed by atoms with Crippen LogP contribution in [-0.2, 0) is 0 Å². The fourth-order valence-electron chi connectivity index (χ4n) is 3.44. The lowest BCUT2D eigenvalue weighted by atomic mass is 9.85. The maximum atomic E-state index is 14.0. The molecule has 0 spiro atoms. The highest BCUT2D eigenvalue weighted by molar-refractivity contribution is 5.65. The summed E-state index contributed by atoms with van der Waals surface area (Å²) in [6, 6.07) is 5.31. The van der Waals surface area contributed by atoms with Crippen LogP contribution in [0.5, 0.6) is 5.75 Å². The van der Waals surface area contributed by atoms with Gasteiger partial charge in [0.15, 0.2) is 11.6 Å². The Kier molecular flexibility index (Phi) is 4.43. The number of methoxy groups -OCH3 is 1. The number of nitrogens with two attached hydrogens (primary N) is 1. The first-order valence-electron chi connectivity index (χ1n) is 7.80. The van der Waals surface area contributed by atoms with E-state index in [2.05, 4.69) is 9.55 Å². The van der Waals surface area contributed by atoms with E-state index in [0.717, 1.165) is 25.2 Å². The highest BCUT2D eigenvalue weighted by Gasteiger charge is 2.25. The van der Waals surface area contributed by atoms with Crippen LogP contribution in [0.25, 0.3) is 11.4 Å². The summed E-state index contributed by atoms with van der Waals surface area (Å²) in [6.07, 6.45) is 8.27. The molecule has 2 atom stereocenters. The van der Waals surface area contributed by atoms with E-state index in [1.54, 1.807) is 12.3 Å². The highest BCUT2D eigenvalue weighted by atomic mass is 19.1. The van der Waals surface area contributed by atoms with Gasteiger partial charge >= 0.3 is 0 Å². The van der Waals surface area contributed by atoms with Gasteiger partial charge < -0.3 is 15.0 Å². The standard InChI is InChI=1S/C17H22FN3O/c1-22-16-14(6-3-7-15(16)18)17-20-8-9-21(17)13-5-2-4-12(10-13)11-19/h3,6-9,12-13H,2,4-5,10-11,19H2,1H3/t12-,13+/m0/s1. The summed E-state index contributed by atoms with van der Waals surface area (Å²) in [6.45, 7) is 0.726. The molecule has 5 heteroatoms. The van der Waals surface area contributed by atoms with Crippen LogP contribution in [0.1, 0.15) is 31.7 Å². The molecule has 1 aliphatic rings. The Balaban J connectivity index is 1.97. The first-order chi connectivity index (χ1) is 10.7. The zero-order chi connectivity index (χ0) is 15.5. The fraction of sp³-hybridized carbons (Fsp3) is 0.471. The minimum absolute atomic E-state index is 0.251. The van der Waals surface area contributed by atoms with Crippen LogP contribution in [0, 0.1) is 11.7 Å². The molecule has 0 unspecified atom stereocenters. The minimum atomic E-state index is -0.363. The first-order valence-corrected chi connectivity index (χ1v) is 7.80. The largest absolute Gasteiger partial charge is 0.493 e. The molecule has 3 rings (SSSR count). The van der Waals surface area contributed by atoms with Gasteiger partial charge in [-0.05, 0) is 43.9 Å². The van der Waals surface area contributed by atoms with Gasteiger partial charge in [-0.2, -0.15) is 0 Å². The van der Waals surface area contributed by atoms with Crippen LogP contribution in [-0.4, -0.2) is 23.2 Å². The molecule has 4 nitrogen and oxygen atoms in total. The van der Waals surface area contributed by atoms with Crippen molar-refractivity contribution in [3.63, 3.8) is 0 Å². The molecule has 0 amide bonds. The lowest BCUT2D eigenvalue weighted by Crippen LogP contribution is -2.24. The second-order valence-corrected chi connectivity index (χ2v) is 5.90. The second kappa shape index (κ2) is 6.48. The van der Waals surface area contributed by atoms with Crippen molar-refractivity contribution in [2.45, 2.75) is 31.7 Å². The summed E-state index contributed by atoms with van der Waals surface area (Å²) in [7, 11) is 1.49. The Morgan fingerprint density at radius 2 is 2.27 bits per heavy atom. The monoisotopic (exact) mass is 303 g/mol. The summed E-state index contributed by atoms with van der Waals surface area (Å²) < 4.78 is 21.3. The molecule has 1 heterocycles. The molecular formula is C17H22FN3O. The van der Waals surface area contributed by atoms with Gasteiger partial charge in [0.2, 0.25) is 0 Å². The Morgan fingerprint density at radius 1 is 1.41 bits per heavy atom. The quantitative estimate of drug-likeness (QED) is 0.942. The number of hydrogen-bond donors (Lipinski definition) is 1. The molecule has 22 heavy (non-hydrogen) atoms. The average molecular weight is 303 g/mol. The number of para-hydroxylation sites is 1. The van der Waals surface area contributed by atoms with Crippen molar-refractivity contribution >= 4 is 0 Å². The number of halogens is 1. The Hall–Kier alpha value is -1.88. The molecular weight excluding hydrogens is 281 g/mol. The number of hydrogen-bond acceptors (Lipinski definition) is 3. The van der Waals surface area contributed by atoms with Crippen molar-refractivity contribution in [1.82, 2.24) is 9.55 Å². The Labute approximate surface area is 130 Å². The van der Waals surface area contributed by atoms with E-state index in [-0.39, 0.29) is 11.6 Å². The molecule has 2 N–H and O–H groups in total. The van der Waals surface area contributed by atoms with Crippen molar-refractivity contribution in [1.29, 1.82) is 0 Å². The van der Waals surface area contributed by atoms with E-state index in [1.165, 1.54) is 26.0 Å². The van der Waals surface area contributed by atoms with Gasteiger partial charge in [-0.3, -0.25) is 0 Å². The number of ether oxygens (including phenoxy) is 1.